The Hall–Kier alpha value is -2.74. The fraction of sp³-hybridized carbons (Fsp3) is 0.174. The third kappa shape index (κ3) is 4.70. The second-order valence-electron chi connectivity index (χ2n) is 7.05. The van der Waals surface area contributed by atoms with Crippen molar-refractivity contribution in [1.82, 2.24) is 14.8 Å². The van der Waals surface area contributed by atoms with Gasteiger partial charge in [0.05, 0.1) is 5.57 Å². The van der Waals surface area contributed by atoms with E-state index in [0.29, 0.717) is 38.2 Å². The van der Waals surface area contributed by atoms with Crippen LogP contribution in [0.2, 0.25) is 10.0 Å². The van der Waals surface area contributed by atoms with Gasteiger partial charge in [0.15, 0.2) is 0 Å². The fourth-order valence-electron chi connectivity index (χ4n) is 3.38. The number of carbonyl (C=O) groups excluding carboxylic acids is 1. The van der Waals surface area contributed by atoms with E-state index in [-0.39, 0.29) is 6.61 Å². The van der Waals surface area contributed by atoms with Gasteiger partial charge >= 0.3 is 5.97 Å². The monoisotopic (exact) mass is 486 g/mol. The Morgan fingerprint density at radius 2 is 2.00 bits per heavy atom. The molecule has 9 heteroatoms. The maximum atomic E-state index is 12.9. The molecule has 1 atom stereocenters. The Morgan fingerprint density at radius 1 is 1.25 bits per heavy atom. The maximum Gasteiger partial charge on any atom is 0.338 e. The largest absolute Gasteiger partial charge is 0.458 e. The molecule has 32 heavy (non-hydrogen) atoms. The highest BCUT2D eigenvalue weighted by molar-refractivity contribution is 7.98. The molecule has 0 fully saturated rings. The number of nitrogens with one attached hydrogen (secondary N) is 1. The molecule has 0 aliphatic carbocycles. The first kappa shape index (κ1) is 22.5. The smallest absolute Gasteiger partial charge is 0.338 e. The summed E-state index contributed by atoms with van der Waals surface area (Å²) in [6.07, 6.45) is 1.53. The van der Waals surface area contributed by atoms with Gasteiger partial charge in [-0.15, -0.1) is 5.10 Å². The van der Waals surface area contributed by atoms with Crippen LogP contribution in [0.1, 0.15) is 24.1 Å². The van der Waals surface area contributed by atoms with Gasteiger partial charge in [0, 0.05) is 21.5 Å². The number of fused-ring (bicyclic) bond motifs is 1. The van der Waals surface area contributed by atoms with Crippen LogP contribution < -0.4 is 5.32 Å². The number of esters is 1. The van der Waals surface area contributed by atoms with Crippen molar-refractivity contribution in [3.8, 4) is 0 Å². The van der Waals surface area contributed by atoms with Gasteiger partial charge in [-0.2, -0.15) is 4.98 Å². The summed E-state index contributed by atoms with van der Waals surface area (Å²) in [5.74, 6) is 0.723. The summed E-state index contributed by atoms with van der Waals surface area (Å²) in [6.45, 7) is 5.55. The van der Waals surface area contributed by atoms with Crippen molar-refractivity contribution in [2.45, 2.75) is 23.9 Å². The highest BCUT2D eigenvalue weighted by atomic mass is 35.5. The summed E-state index contributed by atoms with van der Waals surface area (Å²) >= 11 is 13.8. The minimum absolute atomic E-state index is 0.117. The van der Waals surface area contributed by atoms with Gasteiger partial charge in [-0.3, -0.25) is 0 Å². The van der Waals surface area contributed by atoms with E-state index in [9.17, 15) is 4.79 Å². The number of nitrogens with zero attached hydrogens (tertiary/aromatic N) is 3. The van der Waals surface area contributed by atoms with Crippen molar-refractivity contribution in [1.29, 1.82) is 0 Å². The summed E-state index contributed by atoms with van der Waals surface area (Å²) in [6, 6.07) is 14.5. The number of halogens is 2. The average Bonchev–Trinajstić information content (AvgIpc) is 3.19. The molecule has 4 rings (SSSR count). The third-order valence-electron chi connectivity index (χ3n) is 4.89. The first-order valence-corrected chi connectivity index (χ1v) is 11.6. The molecule has 2 aromatic carbocycles. The Morgan fingerprint density at radius 3 is 2.72 bits per heavy atom. The normalized spacial score (nSPS) is 15.2. The van der Waals surface area contributed by atoms with E-state index in [1.807, 2.05) is 43.3 Å². The molecule has 0 radical (unpaired) electrons. The number of carbonyl (C=O) groups is 1. The molecule has 1 aliphatic rings. The molecule has 164 valence electrons. The molecule has 1 aliphatic heterocycles. The fourth-order valence-corrected chi connectivity index (χ4v) is 4.62. The van der Waals surface area contributed by atoms with Crippen LogP contribution in [0.5, 0.6) is 0 Å². The number of ether oxygens (including phenoxy) is 1. The van der Waals surface area contributed by atoms with Crippen LogP contribution in [0, 0.1) is 0 Å². The molecule has 0 saturated carbocycles. The van der Waals surface area contributed by atoms with Gasteiger partial charge in [0.2, 0.25) is 11.1 Å². The maximum absolute atomic E-state index is 12.9. The van der Waals surface area contributed by atoms with Crippen LogP contribution >= 0.6 is 35.0 Å². The number of hydrogen-bond donors (Lipinski definition) is 1. The Bertz CT molecular complexity index is 1190. The summed E-state index contributed by atoms with van der Waals surface area (Å²) in [5, 5.41) is 9.75. The zero-order valence-corrected chi connectivity index (χ0v) is 19.5. The second kappa shape index (κ2) is 9.81. The number of hydrogen-bond acceptors (Lipinski definition) is 6. The molecule has 1 N–H and O–H groups in total. The Balaban J connectivity index is 1.69. The van der Waals surface area contributed by atoms with Gasteiger partial charge in [0.25, 0.3) is 0 Å². The van der Waals surface area contributed by atoms with Gasteiger partial charge in [-0.1, -0.05) is 78.0 Å². The topological polar surface area (TPSA) is 69.0 Å². The van der Waals surface area contributed by atoms with Crippen molar-refractivity contribution in [2.75, 3.05) is 11.9 Å². The van der Waals surface area contributed by atoms with E-state index in [1.54, 1.807) is 16.8 Å². The van der Waals surface area contributed by atoms with Gasteiger partial charge in [-0.05, 0) is 36.2 Å². The van der Waals surface area contributed by atoms with Crippen LogP contribution in [-0.4, -0.2) is 27.3 Å². The van der Waals surface area contributed by atoms with Gasteiger partial charge < -0.3 is 10.1 Å². The zero-order chi connectivity index (χ0) is 22.7. The van der Waals surface area contributed by atoms with E-state index in [1.165, 1.54) is 17.8 Å². The minimum atomic E-state index is -0.511. The lowest BCUT2D eigenvalue weighted by Gasteiger charge is -2.28. The summed E-state index contributed by atoms with van der Waals surface area (Å²) in [7, 11) is 0. The van der Waals surface area contributed by atoms with Crippen molar-refractivity contribution < 1.29 is 9.53 Å². The van der Waals surface area contributed by atoms with Crippen LogP contribution in [0.25, 0.3) is 0 Å². The molecule has 0 bridgehead atoms. The second-order valence-corrected chi connectivity index (χ2v) is 8.83. The SMILES string of the molecule is C=CCOC(=O)C1=C(C)Nc2nc(SCc3ccccc3Cl)nn2C1c1ccc(Cl)cc1. The average molecular weight is 487 g/mol. The molecule has 6 nitrogen and oxygen atoms in total. The number of aromatic nitrogens is 3. The molecule has 0 spiro atoms. The Labute approximate surface area is 200 Å². The van der Waals surface area contributed by atoms with E-state index in [4.69, 9.17) is 33.0 Å². The molecular weight excluding hydrogens is 467 g/mol. The molecule has 2 heterocycles. The quantitative estimate of drug-likeness (QED) is 0.255. The summed E-state index contributed by atoms with van der Waals surface area (Å²) < 4.78 is 7.06. The zero-order valence-electron chi connectivity index (χ0n) is 17.2. The number of thioether (sulfide) groups is 1. The lowest BCUT2D eigenvalue weighted by atomic mass is 9.96. The minimum Gasteiger partial charge on any atom is -0.458 e. The molecule has 0 amide bonds. The molecule has 1 aromatic heterocycles. The first-order valence-electron chi connectivity index (χ1n) is 9.82. The number of anilines is 1. The lowest BCUT2D eigenvalue weighted by Crippen LogP contribution is -2.29. The standard InChI is InChI=1S/C23H20Cl2N4O2S/c1-3-12-31-21(30)19-14(2)26-22-27-23(32-13-16-6-4-5-7-18(16)25)28-29(22)20(19)15-8-10-17(24)11-9-15/h3-11,20H,1,12-13H2,2H3,(H,26,27,28). The molecular formula is C23H20Cl2N4O2S. The Kier molecular flexibility index (Phi) is 6.89. The van der Waals surface area contributed by atoms with E-state index >= 15 is 0 Å². The van der Waals surface area contributed by atoms with Crippen LogP contribution in [0.4, 0.5) is 5.95 Å². The van der Waals surface area contributed by atoms with Crippen LogP contribution in [0.15, 0.2) is 77.6 Å². The highest BCUT2D eigenvalue weighted by Gasteiger charge is 2.35. The van der Waals surface area contributed by atoms with E-state index in [0.717, 1.165) is 11.1 Å². The predicted octanol–water partition coefficient (Wildman–Crippen LogP) is 5.90. The van der Waals surface area contributed by atoms with E-state index in [2.05, 4.69) is 16.9 Å². The predicted molar refractivity (Wildman–Crippen MR) is 128 cm³/mol. The van der Waals surface area contributed by atoms with Crippen molar-refractivity contribution >= 4 is 46.9 Å². The molecule has 0 saturated heterocycles. The highest BCUT2D eigenvalue weighted by Crippen LogP contribution is 2.37. The van der Waals surface area contributed by atoms with Crippen molar-refractivity contribution in [2.24, 2.45) is 0 Å². The summed E-state index contributed by atoms with van der Waals surface area (Å²) in [4.78, 5) is 17.5. The van der Waals surface area contributed by atoms with E-state index < -0.39 is 12.0 Å². The van der Waals surface area contributed by atoms with Crippen LogP contribution in [-0.2, 0) is 15.3 Å². The molecule has 3 aromatic rings. The number of benzene rings is 2. The first-order chi connectivity index (χ1) is 15.5. The van der Waals surface area contributed by atoms with Crippen LogP contribution in [0.3, 0.4) is 0 Å². The summed E-state index contributed by atoms with van der Waals surface area (Å²) in [5.41, 5.74) is 2.95. The number of rotatable bonds is 7. The molecule has 1 unspecified atom stereocenters. The van der Waals surface area contributed by atoms with Crippen molar-refractivity contribution in [3.05, 3.63) is 93.6 Å². The van der Waals surface area contributed by atoms with Gasteiger partial charge in [-0.25, -0.2) is 9.48 Å². The van der Waals surface area contributed by atoms with Crippen molar-refractivity contribution in [3.63, 3.8) is 0 Å². The van der Waals surface area contributed by atoms with Gasteiger partial charge in [0.1, 0.15) is 12.6 Å². The third-order valence-corrected chi connectivity index (χ3v) is 6.39. The lowest BCUT2D eigenvalue weighted by molar-refractivity contribution is -0.138. The number of allylic oxidation sites excluding steroid dienone is 1.